The summed E-state index contributed by atoms with van der Waals surface area (Å²) in [6.45, 7) is 5.85. The smallest absolute Gasteiger partial charge is 0.351 e. The van der Waals surface area contributed by atoms with E-state index < -0.39 is 16.4 Å². The minimum atomic E-state index is -1.06. The van der Waals surface area contributed by atoms with E-state index in [1.807, 2.05) is 20.8 Å². The number of ether oxygens (including phenoxy) is 2. The molecule has 20 heavy (non-hydrogen) atoms. The van der Waals surface area contributed by atoms with Gasteiger partial charge in [-0.25, -0.2) is 4.79 Å². The third kappa shape index (κ3) is 1.54. The van der Waals surface area contributed by atoms with E-state index in [-0.39, 0.29) is 18.0 Å². The predicted octanol–water partition coefficient (Wildman–Crippen LogP) is 2.98. The van der Waals surface area contributed by atoms with Gasteiger partial charge in [-0.3, -0.25) is 4.79 Å². The van der Waals surface area contributed by atoms with Gasteiger partial charge in [0, 0.05) is 5.41 Å². The lowest BCUT2D eigenvalue weighted by molar-refractivity contribution is -0.188. The first kappa shape index (κ1) is 13.9. The molecule has 0 aromatic rings. The lowest BCUT2D eigenvalue weighted by Gasteiger charge is -2.36. The highest BCUT2D eigenvalue weighted by atomic mass is 16.6. The summed E-state index contributed by atoms with van der Waals surface area (Å²) in [5.41, 5.74) is -2.11. The van der Waals surface area contributed by atoms with Crippen LogP contribution in [0.5, 0.6) is 0 Å². The van der Waals surface area contributed by atoms with Crippen LogP contribution in [0.2, 0.25) is 0 Å². The van der Waals surface area contributed by atoms with Crippen molar-refractivity contribution in [2.45, 2.75) is 77.4 Å². The maximum Gasteiger partial charge on any atom is 0.351 e. The zero-order valence-electron chi connectivity index (χ0n) is 12.7. The van der Waals surface area contributed by atoms with E-state index in [4.69, 9.17) is 9.47 Å². The third-order valence-corrected chi connectivity index (χ3v) is 6.24. The van der Waals surface area contributed by atoms with Gasteiger partial charge < -0.3 is 9.47 Å². The van der Waals surface area contributed by atoms with Crippen LogP contribution in [-0.2, 0) is 19.1 Å². The van der Waals surface area contributed by atoms with E-state index in [1.165, 1.54) is 6.42 Å². The molecule has 4 heteroatoms. The van der Waals surface area contributed by atoms with Gasteiger partial charge in [-0.15, -0.1) is 0 Å². The third-order valence-electron chi connectivity index (χ3n) is 6.24. The number of rotatable bonds is 2. The van der Waals surface area contributed by atoms with Crippen molar-refractivity contribution in [3.8, 4) is 0 Å². The minimum Gasteiger partial charge on any atom is -0.459 e. The molecule has 2 saturated carbocycles. The van der Waals surface area contributed by atoms with Crippen molar-refractivity contribution in [1.82, 2.24) is 0 Å². The quantitative estimate of drug-likeness (QED) is 0.730. The summed E-state index contributed by atoms with van der Waals surface area (Å²) in [6, 6.07) is 0. The lowest BCUT2D eigenvalue weighted by Crippen LogP contribution is -2.50. The van der Waals surface area contributed by atoms with E-state index in [2.05, 4.69) is 0 Å². The summed E-state index contributed by atoms with van der Waals surface area (Å²) in [7, 11) is 0. The number of carbonyl (C=O) groups is 2. The Morgan fingerprint density at radius 1 is 1.15 bits per heavy atom. The molecule has 3 rings (SSSR count). The fraction of sp³-hybridized carbons (Fsp3) is 0.875. The molecule has 3 fully saturated rings. The summed E-state index contributed by atoms with van der Waals surface area (Å²) in [6.07, 6.45) is 6.63. The molecule has 0 amide bonds. The maximum absolute atomic E-state index is 12.7. The summed E-state index contributed by atoms with van der Waals surface area (Å²) >= 11 is 0. The van der Waals surface area contributed by atoms with Gasteiger partial charge in [-0.05, 0) is 45.4 Å². The molecule has 2 atom stereocenters. The van der Waals surface area contributed by atoms with Crippen molar-refractivity contribution < 1.29 is 19.1 Å². The van der Waals surface area contributed by atoms with Gasteiger partial charge in [0.05, 0.1) is 5.41 Å². The molecule has 0 aromatic heterocycles. The van der Waals surface area contributed by atoms with E-state index in [0.29, 0.717) is 12.8 Å². The minimum absolute atomic E-state index is 0.00702. The summed E-state index contributed by atoms with van der Waals surface area (Å²) < 4.78 is 11.3. The topological polar surface area (TPSA) is 52.6 Å². The first-order valence-corrected chi connectivity index (χ1v) is 7.78. The van der Waals surface area contributed by atoms with Crippen molar-refractivity contribution in [2.75, 3.05) is 0 Å². The van der Waals surface area contributed by atoms with Crippen LogP contribution in [0.1, 0.15) is 65.7 Å². The van der Waals surface area contributed by atoms with Crippen LogP contribution in [0.25, 0.3) is 0 Å². The van der Waals surface area contributed by atoms with E-state index in [1.54, 1.807) is 0 Å². The Hall–Kier alpha value is -1.06. The van der Waals surface area contributed by atoms with Crippen LogP contribution >= 0.6 is 0 Å². The largest absolute Gasteiger partial charge is 0.459 e. The zero-order chi connectivity index (χ0) is 14.6. The maximum atomic E-state index is 12.7. The van der Waals surface area contributed by atoms with Crippen LogP contribution < -0.4 is 0 Å². The Morgan fingerprint density at radius 3 is 2.30 bits per heavy atom. The van der Waals surface area contributed by atoms with Crippen LogP contribution in [0, 0.1) is 10.8 Å². The fourth-order valence-electron chi connectivity index (χ4n) is 4.13. The first-order chi connectivity index (χ1) is 9.33. The molecular formula is C16H24O4. The Balaban J connectivity index is 1.82. The second kappa shape index (κ2) is 4.22. The van der Waals surface area contributed by atoms with Crippen LogP contribution in [-0.4, -0.2) is 23.6 Å². The molecule has 2 bridgehead atoms. The van der Waals surface area contributed by atoms with Crippen molar-refractivity contribution in [1.29, 1.82) is 0 Å². The molecule has 3 aliphatic rings. The van der Waals surface area contributed by atoms with E-state index in [0.717, 1.165) is 25.7 Å². The number of carbonyl (C=O) groups excluding carboxylic acids is 2. The van der Waals surface area contributed by atoms with Crippen molar-refractivity contribution in [3.05, 3.63) is 0 Å². The second-order valence-corrected chi connectivity index (χ2v) is 7.34. The summed E-state index contributed by atoms with van der Waals surface area (Å²) in [5.74, 6) is -0.557. The Labute approximate surface area is 120 Å². The van der Waals surface area contributed by atoms with Crippen molar-refractivity contribution in [3.63, 3.8) is 0 Å². The molecule has 1 saturated heterocycles. The average Bonchev–Trinajstić information content (AvgIpc) is 2.70. The molecule has 1 aliphatic heterocycles. The Morgan fingerprint density at radius 2 is 1.80 bits per heavy atom. The van der Waals surface area contributed by atoms with Gasteiger partial charge in [0.1, 0.15) is 6.10 Å². The highest BCUT2D eigenvalue weighted by molar-refractivity contribution is 5.93. The standard InChI is InChI=1S/C16H24O4/c1-14(2)15(3)9-10-16(14,20-12(15)17)13(18)19-11-7-5-4-6-8-11/h11H,4-10H2,1-3H3/t15-,16-/m1/s1. The number of hydrogen-bond donors (Lipinski definition) is 0. The van der Waals surface area contributed by atoms with Crippen molar-refractivity contribution >= 4 is 11.9 Å². The molecule has 0 spiro atoms. The molecule has 0 N–H and O–H groups in total. The predicted molar refractivity (Wildman–Crippen MR) is 72.9 cm³/mol. The molecular weight excluding hydrogens is 256 g/mol. The van der Waals surface area contributed by atoms with Crippen molar-refractivity contribution in [2.24, 2.45) is 10.8 Å². The van der Waals surface area contributed by atoms with Gasteiger partial charge in [0.2, 0.25) is 5.60 Å². The van der Waals surface area contributed by atoms with Gasteiger partial charge in [0.25, 0.3) is 0 Å². The molecule has 0 unspecified atom stereocenters. The van der Waals surface area contributed by atoms with Gasteiger partial charge in [-0.1, -0.05) is 20.3 Å². The Kier molecular flexibility index (Phi) is 2.93. The van der Waals surface area contributed by atoms with Crippen LogP contribution in [0.15, 0.2) is 0 Å². The lowest BCUT2D eigenvalue weighted by atomic mass is 9.66. The first-order valence-electron chi connectivity index (χ1n) is 7.78. The van der Waals surface area contributed by atoms with Crippen LogP contribution in [0.3, 0.4) is 0 Å². The average molecular weight is 280 g/mol. The highest BCUT2D eigenvalue weighted by Gasteiger charge is 2.76. The number of hydrogen-bond acceptors (Lipinski definition) is 4. The normalized spacial score (nSPS) is 39.6. The SMILES string of the molecule is CC1(C)[C@]2(C)CC[C@]1(C(=O)OC1CCCCC1)OC2=O. The van der Waals surface area contributed by atoms with E-state index in [9.17, 15) is 9.59 Å². The second-order valence-electron chi connectivity index (χ2n) is 7.34. The van der Waals surface area contributed by atoms with E-state index >= 15 is 0 Å². The fourth-order valence-corrected chi connectivity index (χ4v) is 4.13. The zero-order valence-corrected chi connectivity index (χ0v) is 12.7. The molecule has 0 aromatic carbocycles. The number of fused-ring (bicyclic) bond motifs is 2. The molecule has 2 aliphatic carbocycles. The summed E-state index contributed by atoms with van der Waals surface area (Å²) in [5, 5.41) is 0. The molecule has 112 valence electrons. The highest BCUT2D eigenvalue weighted by Crippen LogP contribution is 2.65. The van der Waals surface area contributed by atoms with Gasteiger partial charge >= 0.3 is 11.9 Å². The monoisotopic (exact) mass is 280 g/mol. The number of esters is 2. The van der Waals surface area contributed by atoms with Gasteiger partial charge in [-0.2, -0.15) is 0 Å². The van der Waals surface area contributed by atoms with Gasteiger partial charge in [0.15, 0.2) is 0 Å². The Bertz CT molecular complexity index is 449. The molecule has 4 nitrogen and oxygen atoms in total. The molecule has 0 radical (unpaired) electrons. The van der Waals surface area contributed by atoms with Crippen LogP contribution in [0.4, 0.5) is 0 Å². The molecule has 1 heterocycles. The summed E-state index contributed by atoms with van der Waals surface area (Å²) in [4.78, 5) is 24.8.